The smallest absolute Gasteiger partial charge is 0.0578 e. The number of rotatable bonds is 1. The minimum Gasteiger partial charge on any atom is -0.197 e. The van der Waals surface area contributed by atoms with Crippen LogP contribution in [-0.4, -0.2) is 9.20 Å². The summed E-state index contributed by atoms with van der Waals surface area (Å²) < 4.78 is 4.49. The minimum atomic E-state index is 0.415. The van der Waals surface area contributed by atoms with E-state index in [1.165, 1.54) is 25.0 Å². The largest absolute Gasteiger partial charge is 0.197 e. The second-order valence-corrected chi connectivity index (χ2v) is 6.80. The first kappa shape index (κ1) is 10.6. The van der Waals surface area contributed by atoms with E-state index in [9.17, 15) is 0 Å². The molecule has 0 radical (unpaired) electrons. The molecule has 1 aliphatic carbocycles. The lowest BCUT2D eigenvalue weighted by Gasteiger charge is -2.39. The highest BCUT2D eigenvalue weighted by molar-refractivity contribution is 9.09. The number of nitrogens with zero attached hydrogens (tertiary/aromatic N) is 1. The van der Waals surface area contributed by atoms with E-state index >= 15 is 0 Å². The number of hydrogen-bond acceptors (Lipinski definition) is 2. The van der Waals surface area contributed by atoms with Crippen molar-refractivity contribution in [1.82, 2.24) is 4.37 Å². The summed E-state index contributed by atoms with van der Waals surface area (Å²) in [5.41, 5.74) is 1.71. The van der Waals surface area contributed by atoms with Gasteiger partial charge in [-0.05, 0) is 42.3 Å². The van der Waals surface area contributed by atoms with E-state index in [1.54, 1.807) is 11.5 Å². The monoisotopic (exact) mass is 273 g/mol. The van der Waals surface area contributed by atoms with Crippen LogP contribution in [0.2, 0.25) is 0 Å². The van der Waals surface area contributed by atoms with Crippen LogP contribution in [0.25, 0.3) is 0 Å². The first-order chi connectivity index (χ1) is 6.59. The van der Waals surface area contributed by atoms with Gasteiger partial charge in [-0.3, -0.25) is 0 Å². The van der Waals surface area contributed by atoms with Gasteiger partial charge in [0.05, 0.1) is 5.69 Å². The van der Waals surface area contributed by atoms with Crippen molar-refractivity contribution in [2.45, 2.75) is 43.9 Å². The number of hydrogen-bond donors (Lipinski definition) is 0. The van der Waals surface area contributed by atoms with Crippen LogP contribution in [0.4, 0.5) is 0 Å². The van der Waals surface area contributed by atoms with E-state index in [0.717, 1.165) is 0 Å². The maximum absolute atomic E-state index is 4.49. The van der Waals surface area contributed by atoms with Crippen LogP contribution in [0.1, 0.15) is 44.7 Å². The quantitative estimate of drug-likeness (QED) is 0.699. The van der Waals surface area contributed by atoms with Crippen molar-refractivity contribution in [1.29, 1.82) is 0 Å². The van der Waals surface area contributed by atoms with Gasteiger partial charge in [-0.15, -0.1) is 0 Å². The van der Waals surface area contributed by atoms with E-state index in [1.807, 2.05) is 0 Å². The maximum atomic E-state index is 4.49. The van der Waals surface area contributed by atoms with Crippen molar-refractivity contribution in [3.8, 4) is 0 Å². The molecule has 0 bridgehead atoms. The van der Waals surface area contributed by atoms with Gasteiger partial charge in [-0.25, -0.2) is 0 Å². The number of halogens is 1. The molecule has 2 atom stereocenters. The molecule has 78 valence electrons. The fourth-order valence-corrected chi connectivity index (χ4v) is 3.49. The van der Waals surface area contributed by atoms with Crippen molar-refractivity contribution >= 4 is 27.5 Å². The standard InChI is InChI=1S/C11H16BrNS/c1-11(2)5-3-8(12)7-9(11)10-4-6-14-13-10/h4,6,8-9H,3,5,7H2,1-2H3. The molecule has 2 rings (SSSR count). The molecule has 1 fully saturated rings. The molecule has 1 nitrogen and oxygen atoms in total. The van der Waals surface area contributed by atoms with E-state index in [0.29, 0.717) is 16.2 Å². The van der Waals surface area contributed by atoms with E-state index < -0.39 is 0 Å². The van der Waals surface area contributed by atoms with Crippen LogP contribution in [0.15, 0.2) is 11.4 Å². The predicted octanol–water partition coefficient (Wildman–Crippen LogP) is 4.20. The Labute approximate surface area is 98.2 Å². The number of alkyl halides is 1. The average Bonchev–Trinajstić information content (AvgIpc) is 2.62. The summed E-state index contributed by atoms with van der Waals surface area (Å²) in [7, 11) is 0. The van der Waals surface area contributed by atoms with Gasteiger partial charge < -0.3 is 0 Å². The molecule has 1 aliphatic rings. The van der Waals surface area contributed by atoms with Crippen molar-refractivity contribution in [2.24, 2.45) is 5.41 Å². The van der Waals surface area contributed by atoms with Crippen molar-refractivity contribution < 1.29 is 0 Å². The summed E-state index contributed by atoms with van der Waals surface area (Å²) in [6, 6.07) is 2.18. The predicted molar refractivity (Wildman–Crippen MR) is 65.2 cm³/mol. The normalized spacial score (nSPS) is 31.6. The van der Waals surface area contributed by atoms with Crippen LogP contribution < -0.4 is 0 Å². The molecule has 0 N–H and O–H groups in total. The molecule has 0 aliphatic heterocycles. The third-order valence-corrected chi connectivity index (χ3v) is 4.76. The van der Waals surface area contributed by atoms with Gasteiger partial charge in [0.25, 0.3) is 0 Å². The Morgan fingerprint density at radius 1 is 1.57 bits per heavy atom. The highest BCUT2D eigenvalue weighted by Gasteiger charge is 2.37. The lowest BCUT2D eigenvalue weighted by molar-refractivity contribution is 0.203. The Morgan fingerprint density at radius 3 is 3.00 bits per heavy atom. The average molecular weight is 274 g/mol. The first-order valence-electron chi connectivity index (χ1n) is 5.14. The molecule has 0 amide bonds. The Bertz CT molecular complexity index is 294. The summed E-state index contributed by atoms with van der Waals surface area (Å²) in [4.78, 5) is 0.683. The van der Waals surface area contributed by atoms with Crippen LogP contribution in [-0.2, 0) is 0 Å². The fraction of sp³-hybridized carbons (Fsp3) is 0.727. The third kappa shape index (κ3) is 2.03. The molecule has 14 heavy (non-hydrogen) atoms. The molecular weight excluding hydrogens is 258 g/mol. The molecule has 1 aromatic rings. The highest BCUT2D eigenvalue weighted by Crippen LogP contribution is 2.48. The van der Waals surface area contributed by atoms with Crippen LogP contribution in [0, 0.1) is 5.41 Å². The molecular formula is C11H16BrNS. The maximum Gasteiger partial charge on any atom is 0.0578 e. The summed E-state index contributed by atoms with van der Waals surface area (Å²) in [5, 5.41) is 2.09. The van der Waals surface area contributed by atoms with Crippen LogP contribution >= 0.6 is 27.5 Å². The molecule has 0 aromatic carbocycles. The SMILES string of the molecule is CC1(C)CCC(Br)CC1c1ccsn1. The van der Waals surface area contributed by atoms with Crippen LogP contribution in [0.3, 0.4) is 0 Å². The summed E-state index contributed by atoms with van der Waals surface area (Å²) in [6.45, 7) is 4.74. The molecule has 0 spiro atoms. The Hall–Kier alpha value is 0.110. The van der Waals surface area contributed by atoms with E-state index in [4.69, 9.17) is 0 Å². The zero-order valence-electron chi connectivity index (χ0n) is 8.66. The topological polar surface area (TPSA) is 12.9 Å². The van der Waals surface area contributed by atoms with Gasteiger partial charge in [0.15, 0.2) is 0 Å². The second kappa shape index (κ2) is 3.93. The van der Waals surface area contributed by atoms with Gasteiger partial charge in [-0.2, -0.15) is 4.37 Å². The van der Waals surface area contributed by atoms with Gasteiger partial charge in [0.2, 0.25) is 0 Å². The highest BCUT2D eigenvalue weighted by atomic mass is 79.9. The fourth-order valence-electron chi connectivity index (χ4n) is 2.32. The Kier molecular flexibility index (Phi) is 2.98. The Morgan fingerprint density at radius 2 is 2.36 bits per heavy atom. The lowest BCUT2D eigenvalue weighted by Crippen LogP contribution is -2.30. The summed E-state index contributed by atoms with van der Waals surface area (Å²) in [6.07, 6.45) is 3.83. The molecule has 1 heterocycles. The minimum absolute atomic E-state index is 0.415. The van der Waals surface area contributed by atoms with Gasteiger partial charge in [-0.1, -0.05) is 29.8 Å². The molecule has 1 aromatic heterocycles. The third-order valence-electron chi connectivity index (χ3n) is 3.35. The molecule has 3 heteroatoms. The van der Waals surface area contributed by atoms with Gasteiger partial charge in [0, 0.05) is 16.1 Å². The Balaban J connectivity index is 2.22. The second-order valence-electron chi connectivity index (χ2n) is 4.84. The summed E-state index contributed by atoms with van der Waals surface area (Å²) >= 11 is 5.31. The lowest BCUT2D eigenvalue weighted by atomic mass is 9.67. The van der Waals surface area contributed by atoms with Crippen LogP contribution in [0.5, 0.6) is 0 Å². The summed E-state index contributed by atoms with van der Waals surface area (Å²) in [5.74, 6) is 0.631. The van der Waals surface area contributed by atoms with E-state index in [-0.39, 0.29) is 0 Å². The van der Waals surface area contributed by atoms with Crippen molar-refractivity contribution in [3.05, 3.63) is 17.1 Å². The van der Waals surface area contributed by atoms with Gasteiger partial charge in [0.1, 0.15) is 0 Å². The molecule has 1 saturated carbocycles. The number of aromatic nitrogens is 1. The zero-order chi connectivity index (χ0) is 10.2. The zero-order valence-corrected chi connectivity index (χ0v) is 11.1. The molecule has 0 saturated heterocycles. The van der Waals surface area contributed by atoms with Crippen molar-refractivity contribution in [3.63, 3.8) is 0 Å². The first-order valence-corrected chi connectivity index (χ1v) is 6.89. The molecule has 2 unspecified atom stereocenters. The van der Waals surface area contributed by atoms with E-state index in [2.05, 4.69) is 45.6 Å². The van der Waals surface area contributed by atoms with Crippen molar-refractivity contribution in [2.75, 3.05) is 0 Å². The van der Waals surface area contributed by atoms with Gasteiger partial charge >= 0.3 is 0 Å².